The molecule has 0 radical (unpaired) electrons. The van der Waals surface area contributed by atoms with E-state index in [0.29, 0.717) is 0 Å². The van der Waals surface area contributed by atoms with Crippen LogP contribution in [0.15, 0.2) is 64.3 Å². The second-order valence-electron chi connectivity index (χ2n) is 6.79. The van der Waals surface area contributed by atoms with Crippen LogP contribution in [0.4, 0.5) is 0 Å². The second kappa shape index (κ2) is 7.23. The molecule has 0 aliphatic rings. The van der Waals surface area contributed by atoms with Crippen molar-refractivity contribution in [2.75, 3.05) is 0 Å². The van der Waals surface area contributed by atoms with Gasteiger partial charge in [-0.2, -0.15) is 5.10 Å². The molecule has 0 saturated carbocycles. The van der Waals surface area contributed by atoms with Crippen molar-refractivity contribution in [2.24, 2.45) is 0 Å². The van der Waals surface area contributed by atoms with Gasteiger partial charge in [0.05, 0.1) is 17.9 Å². The number of nitrogens with zero attached hydrogens (tertiary/aromatic N) is 2. The van der Waals surface area contributed by atoms with Crippen molar-refractivity contribution in [3.05, 3.63) is 92.5 Å². The van der Waals surface area contributed by atoms with Gasteiger partial charge in [0.2, 0.25) is 0 Å². The van der Waals surface area contributed by atoms with Crippen molar-refractivity contribution < 1.29 is 4.79 Å². The van der Waals surface area contributed by atoms with Gasteiger partial charge in [0.25, 0.3) is 11.5 Å². The maximum Gasteiger partial charge on any atom is 0.326 e. The lowest BCUT2D eigenvalue weighted by Gasteiger charge is -2.14. The van der Waals surface area contributed by atoms with Crippen LogP contribution in [0.3, 0.4) is 0 Å². The first-order chi connectivity index (χ1) is 13.9. The first-order valence-corrected chi connectivity index (χ1v) is 9.11. The van der Waals surface area contributed by atoms with E-state index in [1.807, 2.05) is 66.0 Å². The van der Waals surface area contributed by atoms with Crippen molar-refractivity contribution >= 4 is 16.7 Å². The van der Waals surface area contributed by atoms with Crippen molar-refractivity contribution in [2.45, 2.75) is 19.9 Å². The molecular formula is C21H19N5O3. The largest absolute Gasteiger partial charge is 0.344 e. The predicted octanol–water partition coefficient (Wildman–Crippen LogP) is 2.20. The maximum atomic E-state index is 12.4. The van der Waals surface area contributed by atoms with E-state index in [4.69, 9.17) is 0 Å². The van der Waals surface area contributed by atoms with Gasteiger partial charge in [0.1, 0.15) is 5.69 Å². The predicted molar refractivity (Wildman–Crippen MR) is 109 cm³/mol. The van der Waals surface area contributed by atoms with E-state index >= 15 is 0 Å². The fourth-order valence-corrected chi connectivity index (χ4v) is 3.43. The van der Waals surface area contributed by atoms with E-state index in [-0.39, 0.29) is 11.7 Å². The zero-order chi connectivity index (χ0) is 20.5. The van der Waals surface area contributed by atoms with E-state index in [1.165, 1.54) is 0 Å². The average Bonchev–Trinajstić information content (AvgIpc) is 3.08. The minimum Gasteiger partial charge on any atom is -0.344 e. The van der Waals surface area contributed by atoms with Crippen LogP contribution in [-0.2, 0) is 0 Å². The molecule has 0 aliphatic heterocycles. The average molecular weight is 389 g/mol. The van der Waals surface area contributed by atoms with E-state index in [9.17, 15) is 14.4 Å². The molecule has 0 bridgehead atoms. The number of carbonyl (C=O) groups is 1. The van der Waals surface area contributed by atoms with Crippen LogP contribution in [0.5, 0.6) is 0 Å². The van der Waals surface area contributed by atoms with E-state index in [1.54, 1.807) is 6.20 Å². The number of amides is 1. The third-order valence-electron chi connectivity index (χ3n) is 4.86. The third kappa shape index (κ3) is 3.47. The number of aromatic amines is 2. The first kappa shape index (κ1) is 18.4. The molecular weight excluding hydrogens is 370 g/mol. The quantitative estimate of drug-likeness (QED) is 0.497. The number of aromatic nitrogens is 4. The van der Waals surface area contributed by atoms with Gasteiger partial charge in [-0.3, -0.25) is 14.6 Å². The number of hydrogen-bond acceptors (Lipinski definition) is 4. The van der Waals surface area contributed by atoms with E-state index < -0.39 is 17.2 Å². The van der Waals surface area contributed by atoms with Crippen molar-refractivity contribution in [3.8, 4) is 5.69 Å². The molecule has 0 aliphatic carbocycles. The van der Waals surface area contributed by atoms with Crippen LogP contribution < -0.4 is 16.6 Å². The number of benzene rings is 2. The summed E-state index contributed by atoms with van der Waals surface area (Å²) in [5, 5.41) is 9.50. The summed E-state index contributed by atoms with van der Waals surface area (Å²) in [5.74, 6) is -0.544. The number of H-pyrrole nitrogens is 2. The second-order valence-corrected chi connectivity index (χ2v) is 6.79. The fourth-order valence-electron chi connectivity index (χ4n) is 3.43. The first-order valence-electron chi connectivity index (χ1n) is 9.11. The Labute approximate surface area is 165 Å². The van der Waals surface area contributed by atoms with Gasteiger partial charge < -0.3 is 10.3 Å². The molecule has 0 unspecified atom stereocenters. The molecule has 8 heteroatoms. The van der Waals surface area contributed by atoms with Gasteiger partial charge in [-0.25, -0.2) is 9.48 Å². The summed E-state index contributed by atoms with van der Waals surface area (Å²) >= 11 is 0. The normalized spacial score (nSPS) is 12.1. The van der Waals surface area contributed by atoms with Gasteiger partial charge in [-0.05, 0) is 25.3 Å². The highest BCUT2D eigenvalue weighted by atomic mass is 16.2. The lowest BCUT2D eigenvalue weighted by atomic mass is 10.1. The molecule has 146 valence electrons. The summed E-state index contributed by atoms with van der Waals surface area (Å²) in [6.07, 6.45) is 1.71. The molecule has 2 aromatic carbocycles. The van der Waals surface area contributed by atoms with Crippen molar-refractivity contribution in [1.82, 2.24) is 25.1 Å². The molecule has 0 saturated heterocycles. The minimum absolute atomic E-state index is 0.0929. The molecule has 29 heavy (non-hydrogen) atoms. The summed E-state index contributed by atoms with van der Waals surface area (Å²) < 4.78 is 1.84. The van der Waals surface area contributed by atoms with Gasteiger partial charge in [-0.1, -0.05) is 36.4 Å². The lowest BCUT2D eigenvalue weighted by Crippen LogP contribution is -2.32. The van der Waals surface area contributed by atoms with E-state index in [0.717, 1.165) is 33.8 Å². The summed E-state index contributed by atoms with van der Waals surface area (Å²) in [6.45, 7) is 3.75. The Morgan fingerprint density at radius 2 is 1.86 bits per heavy atom. The maximum absolute atomic E-state index is 12.4. The summed E-state index contributed by atoms with van der Waals surface area (Å²) in [7, 11) is 0. The summed E-state index contributed by atoms with van der Waals surface area (Å²) in [5.41, 5.74) is 1.21. The molecule has 4 rings (SSSR count). The molecule has 0 spiro atoms. The summed E-state index contributed by atoms with van der Waals surface area (Å²) in [4.78, 5) is 39.6. The molecule has 1 amide bonds. The number of fused-ring (bicyclic) bond motifs is 1. The number of nitrogens with one attached hydrogen (secondary N) is 3. The van der Waals surface area contributed by atoms with Crippen LogP contribution in [0, 0.1) is 6.92 Å². The molecule has 3 N–H and O–H groups in total. The Morgan fingerprint density at radius 1 is 1.10 bits per heavy atom. The number of hydrogen-bond donors (Lipinski definition) is 3. The van der Waals surface area contributed by atoms with Crippen LogP contribution in [0.1, 0.15) is 34.7 Å². The SMILES string of the molecule is Cc1c([C@H](C)NC(=O)c2cc(=O)[nH]c(=O)[nH]2)cnn1-c1cccc2ccccc12. The Hall–Kier alpha value is -3.94. The topological polar surface area (TPSA) is 113 Å². The van der Waals surface area contributed by atoms with Gasteiger partial charge in [0.15, 0.2) is 0 Å². The fraction of sp³-hybridized carbons (Fsp3) is 0.143. The third-order valence-corrected chi connectivity index (χ3v) is 4.86. The van der Waals surface area contributed by atoms with Crippen LogP contribution >= 0.6 is 0 Å². The molecule has 2 aromatic heterocycles. The Balaban J connectivity index is 1.65. The zero-order valence-corrected chi connectivity index (χ0v) is 15.9. The van der Waals surface area contributed by atoms with Crippen LogP contribution in [-0.4, -0.2) is 25.7 Å². The Kier molecular flexibility index (Phi) is 4.59. The van der Waals surface area contributed by atoms with Gasteiger partial charge in [-0.15, -0.1) is 0 Å². The Morgan fingerprint density at radius 3 is 2.66 bits per heavy atom. The smallest absolute Gasteiger partial charge is 0.326 e. The molecule has 8 nitrogen and oxygen atoms in total. The molecule has 0 fully saturated rings. The van der Waals surface area contributed by atoms with Gasteiger partial charge >= 0.3 is 5.69 Å². The highest BCUT2D eigenvalue weighted by Crippen LogP contribution is 2.25. The van der Waals surface area contributed by atoms with Crippen molar-refractivity contribution in [1.29, 1.82) is 0 Å². The van der Waals surface area contributed by atoms with Crippen molar-refractivity contribution in [3.63, 3.8) is 0 Å². The van der Waals surface area contributed by atoms with E-state index in [2.05, 4.69) is 15.4 Å². The summed E-state index contributed by atoms with van der Waals surface area (Å²) in [6, 6.07) is 14.8. The monoisotopic (exact) mass is 389 g/mol. The highest BCUT2D eigenvalue weighted by Gasteiger charge is 2.18. The molecule has 4 aromatic rings. The minimum atomic E-state index is -0.727. The zero-order valence-electron chi connectivity index (χ0n) is 15.9. The van der Waals surface area contributed by atoms with Crippen LogP contribution in [0.2, 0.25) is 0 Å². The van der Waals surface area contributed by atoms with Crippen LogP contribution in [0.25, 0.3) is 16.5 Å². The standard InChI is InChI=1S/C21H19N5O3/c1-12(23-20(28)17-10-19(27)25-21(29)24-17)16-11-22-26(13(16)2)18-9-5-7-14-6-3-4-8-15(14)18/h3-12H,1-2H3,(H,23,28)(H2,24,25,27,29)/t12-/m0/s1. The highest BCUT2D eigenvalue weighted by molar-refractivity contribution is 5.92. The molecule has 2 heterocycles. The number of rotatable bonds is 4. The number of carbonyl (C=O) groups excluding carboxylic acids is 1. The molecule has 1 atom stereocenters. The van der Waals surface area contributed by atoms with Gasteiger partial charge in [0, 0.05) is 22.7 Å². The Bertz CT molecular complexity index is 1300. The lowest BCUT2D eigenvalue weighted by molar-refractivity contribution is 0.0934.